The number of piperidine rings is 1. The molecule has 1 atom stereocenters. The molecule has 2 amide bonds. The maximum atomic E-state index is 13.2. The molecule has 5 nitrogen and oxygen atoms in total. The first-order valence-electron chi connectivity index (χ1n) is 9.61. The highest BCUT2D eigenvalue weighted by Gasteiger charge is 2.25. The van der Waals surface area contributed by atoms with Gasteiger partial charge in [0.15, 0.2) is 0 Å². The lowest BCUT2D eigenvalue weighted by molar-refractivity contribution is -0.120. The zero-order chi connectivity index (χ0) is 19.9. The molecule has 3 rings (SSSR count). The second-order valence-electron chi connectivity index (χ2n) is 7.25. The molecule has 1 aliphatic rings. The topological polar surface area (TPSA) is 61.4 Å². The molecular formula is C21H26FN3O2S. The van der Waals surface area contributed by atoms with Crippen molar-refractivity contribution in [3.05, 3.63) is 58.0 Å². The molecule has 0 aliphatic carbocycles. The van der Waals surface area contributed by atoms with Crippen molar-refractivity contribution in [2.24, 2.45) is 5.92 Å². The molecule has 0 bridgehead atoms. The molecule has 1 saturated heterocycles. The van der Waals surface area contributed by atoms with E-state index in [1.165, 1.54) is 35.9 Å². The van der Waals surface area contributed by atoms with Crippen LogP contribution in [0.3, 0.4) is 0 Å². The van der Waals surface area contributed by atoms with Crippen LogP contribution in [-0.4, -0.2) is 42.9 Å². The number of thiophene rings is 1. The summed E-state index contributed by atoms with van der Waals surface area (Å²) < 4.78 is 13.2. The Balaban J connectivity index is 1.51. The van der Waals surface area contributed by atoms with Crippen LogP contribution in [0.15, 0.2) is 41.8 Å². The number of carbonyl (C=O) groups is 2. The number of hydrogen-bond acceptors (Lipinski definition) is 4. The number of carbonyl (C=O) groups excluding carboxylic acids is 2. The van der Waals surface area contributed by atoms with E-state index < -0.39 is 11.7 Å². The van der Waals surface area contributed by atoms with Gasteiger partial charge in [0.1, 0.15) is 5.82 Å². The number of hydrogen-bond donors (Lipinski definition) is 2. The quantitative estimate of drug-likeness (QED) is 0.746. The molecule has 28 heavy (non-hydrogen) atoms. The lowest BCUT2D eigenvalue weighted by Gasteiger charge is -2.36. The van der Waals surface area contributed by atoms with E-state index in [2.05, 4.69) is 33.9 Å². The lowest BCUT2D eigenvalue weighted by atomic mass is 9.97. The van der Waals surface area contributed by atoms with Gasteiger partial charge in [0.2, 0.25) is 5.91 Å². The number of amides is 2. The first-order valence-corrected chi connectivity index (χ1v) is 10.5. The molecule has 2 aromatic rings. The van der Waals surface area contributed by atoms with E-state index >= 15 is 0 Å². The minimum atomic E-state index is -0.480. The van der Waals surface area contributed by atoms with Gasteiger partial charge in [0, 0.05) is 17.0 Å². The smallest absolute Gasteiger partial charge is 0.251 e. The predicted molar refractivity (Wildman–Crippen MR) is 109 cm³/mol. The van der Waals surface area contributed by atoms with Crippen LogP contribution in [0.25, 0.3) is 0 Å². The van der Waals surface area contributed by atoms with Gasteiger partial charge in [-0.2, -0.15) is 0 Å². The number of nitrogens with one attached hydrogen (secondary N) is 2. The maximum absolute atomic E-state index is 13.2. The van der Waals surface area contributed by atoms with Crippen molar-refractivity contribution >= 4 is 23.2 Å². The Hall–Kier alpha value is -2.25. The Morgan fingerprint density at radius 3 is 2.68 bits per heavy atom. The third kappa shape index (κ3) is 5.62. The van der Waals surface area contributed by atoms with E-state index in [9.17, 15) is 14.0 Å². The van der Waals surface area contributed by atoms with Crippen LogP contribution in [0.4, 0.5) is 4.39 Å². The van der Waals surface area contributed by atoms with Gasteiger partial charge >= 0.3 is 0 Å². The minimum Gasteiger partial charge on any atom is -0.353 e. The highest BCUT2D eigenvalue weighted by atomic mass is 32.1. The van der Waals surface area contributed by atoms with E-state index in [1.807, 2.05) is 6.07 Å². The zero-order valence-corrected chi connectivity index (χ0v) is 16.8. The fourth-order valence-electron chi connectivity index (χ4n) is 3.40. The summed E-state index contributed by atoms with van der Waals surface area (Å²) in [6.07, 6.45) is 2.33. The van der Waals surface area contributed by atoms with E-state index in [1.54, 1.807) is 11.3 Å². The Morgan fingerprint density at radius 2 is 2.00 bits per heavy atom. The van der Waals surface area contributed by atoms with Gasteiger partial charge in [0.25, 0.3) is 5.91 Å². The second-order valence-corrected chi connectivity index (χ2v) is 8.23. The first kappa shape index (κ1) is 20.5. The largest absolute Gasteiger partial charge is 0.353 e. The summed E-state index contributed by atoms with van der Waals surface area (Å²) in [6, 6.07) is 9.68. The zero-order valence-electron chi connectivity index (χ0n) is 16.0. The molecule has 0 radical (unpaired) electrons. The van der Waals surface area contributed by atoms with Crippen LogP contribution in [0, 0.1) is 11.7 Å². The average molecular weight is 404 g/mol. The van der Waals surface area contributed by atoms with Gasteiger partial charge in [-0.3, -0.25) is 14.5 Å². The average Bonchev–Trinajstić information content (AvgIpc) is 3.22. The van der Waals surface area contributed by atoms with Crippen LogP contribution in [0.2, 0.25) is 0 Å². The van der Waals surface area contributed by atoms with Crippen molar-refractivity contribution in [3.8, 4) is 0 Å². The number of halogens is 1. The highest BCUT2D eigenvalue weighted by molar-refractivity contribution is 7.10. The Bertz CT molecular complexity index is 789. The molecule has 1 fully saturated rings. The molecule has 0 saturated carbocycles. The van der Waals surface area contributed by atoms with E-state index in [0.29, 0.717) is 6.54 Å². The van der Waals surface area contributed by atoms with Crippen LogP contribution in [0.1, 0.15) is 41.0 Å². The molecule has 2 N–H and O–H groups in total. The molecule has 1 aromatic heterocycles. The standard InChI is InChI=1S/C21H26FN3O2S/c1-15-7-9-25(10-8-15)18(19-6-3-11-28-19)13-23-20(26)14-24-21(27)16-4-2-5-17(22)12-16/h2-6,11-12,15,18H,7-10,13-14H2,1H3,(H,23,26)(H,24,27). The number of rotatable bonds is 7. The Labute approximate surface area is 168 Å². The first-order chi connectivity index (χ1) is 13.5. The Morgan fingerprint density at radius 1 is 1.21 bits per heavy atom. The van der Waals surface area contributed by atoms with Gasteiger partial charge in [0.05, 0.1) is 12.6 Å². The van der Waals surface area contributed by atoms with E-state index in [0.717, 1.165) is 25.1 Å². The van der Waals surface area contributed by atoms with Crippen molar-refractivity contribution in [1.29, 1.82) is 0 Å². The van der Waals surface area contributed by atoms with Crippen molar-refractivity contribution < 1.29 is 14.0 Å². The molecule has 1 aliphatic heterocycles. The van der Waals surface area contributed by atoms with E-state index in [-0.39, 0.29) is 24.1 Å². The summed E-state index contributed by atoms with van der Waals surface area (Å²) in [4.78, 5) is 27.9. The summed E-state index contributed by atoms with van der Waals surface area (Å²) in [7, 11) is 0. The summed E-state index contributed by atoms with van der Waals surface area (Å²) in [6.45, 7) is 4.69. The molecule has 1 aromatic carbocycles. The SMILES string of the molecule is CC1CCN(C(CNC(=O)CNC(=O)c2cccc(F)c2)c2cccs2)CC1. The van der Waals surface area contributed by atoms with Crippen molar-refractivity contribution in [2.75, 3.05) is 26.2 Å². The molecular weight excluding hydrogens is 377 g/mol. The number of likely N-dealkylation sites (tertiary alicyclic amines) is 1. The van der Waals surface area contributed by atoms with Gasteiger partial charge in [-0.25, -0.2) is 4.39 Å². The fourth-order valence-corrected chi connectivity index (χ4v) is 4.26. The van der Waals surface area contributed by atoms with Gasteiger partial charge in [-0.05, 0) is 61.5 Å². The van der Waals surface area contributed by atoms with Gasteiger partial charge in [-0.15, -0.1) is 11.3 Å². The summed E-state index contributed by atoms with van der Waals surface area (Å²) >= 11 is 1.70. The molecule has 1 unspecified atom stereocenters. The maximum Gasteiger partial charge on any atom is 0.251 e. The van der Waals surface area contributed by atoms with Gasteiger partial charge in [-0.1, -0.05) is 19.1 Å². The fraction of sp³-hybridized carbons (Fsp3) is 0.429. The summed E-state index contributed by atoms with van der Waals surface area (Å²) in [5, 5.41) is 7.53. The summed E-state index contributed by atoms with van der Waals surface area (Å²) in [5.41, 5.74) is 0.201. The van der Waals surface area contributed by atoms with Crippen molar-refractivity contribution in [1.82, 2.24) is 15.5 Å². The number of benzene rings is 1. The third-order valence-electron chi connectivity index (χ3n) is 5.12. The molecule has 7 heteroatoms. The van der Waals surface area contributed by atoms with Crippen molar-refractivity contribution in [2.45, 2.75) is 25.8 Å². The summed E-state index contributed by atoms with van der Waals surface area (Å²) in [5.74, 6) is -0.453. The van der Waals surface area contributed by atoms with Crippen LogP contribution in [0.5, 0.6) is 0 Å². The third-order valence-corrected chi connectivity index (χ3v) is 6.09. The highest BCUT2D eigenvalue weighted by Crippen LogP contribution is 2.29. The lowest BCUT2D eigenvalue weighted by Crippen LogP contribution is -2.44. The monoisotopic (exact) mass is 403 g/mol. The second kappa shape index (κ2) is 9.80. The molecule has 0 spiro atoms. The van der Waals surface area contributed by atoms with Gasteiger partial charge < -0.3 is 10.6 Å². The van der Waals surface area contributed by atoms with Crippen molar-refractivity contribution in [3.63, 3.8) is 0 Å². The number of nitrogens with zero attached hydrogens (tertiary/aromatic N) is 1. The Kier molecular flexibility index (Phi) is 7.17. The molecule has 150 valence electrons. The predicted octanol–water partition coefficient (Wildman–Crippen LogP) is 3.21. The normalized spacial score (nSPS) is 16.5. The van der Waals surface area contributed by atoms with Crippen LogP contribution < -0.4 is 10.6 Å². The minimum absolute atomic E-state index is 0.135. The van der Waals surface area contributed by atoms with E-state index in [4.69, 9.17) is 0 Å². The van der Waals surface area contributed by atoms with Crippen LogP contribution >= 0.6 is 11.3 Å². The molecule has 2 heterocycles. The van der Waals surface area contributed by atoms with Crippen LogP contribution in [-0.2, 0) is 4.79 Å².